The highest BCUT2D eigenvalue weighted by Gasteiger charge is 2.39. The number of amides is 1. The molecule has 0 spiro atoms. The molecule has 1 aliphatic rings. The van der Waals surface area contributed by atoms with Crippen LogP contribution in [0.2, 0.25) is 0 Å². The molecule has 5 nitrogen and oxygen atoms in total. The fraction of sp³-hybridized carbons (Fsp3) is 0.632. The van der Waals surface area contributed by atoms with Gasteiger partial charge in [0.05, 0.1) is 12.1 Å². The number of nitrogens with two attached hydrogens (primary N) is 1. The van der Waals surface area contributed by atoms with E-state index in [1.807, 2.05) is 0 Å². The molecule has 0 aliphatic heterocycles. The van der Waals surface area contributed by atoms with Crippen LogP contribution in [0.5, 0.6) is 0 Å². The topological polar surface area (TPSA) is 64.8 Å². The fourth-order valence-corrected chi connectivity index (χ4v) is 2.95. The van der Waals surface area contributed by atoms with Crippen molar-refractivity contribution >= 4 is 6.09 Å². The highest BCUT2D eigenvalue weighted by atomic mass is 19.3. The number of alkyl halides is 3. The van der Waals surface area contributed by atoms with Crippen molar-refractivity contribution in [3.63, 3.8) is 0 Å². The molecule has 1 fully saturated rings. The van der Waals surface area contributed by atoms with E-state index in [-0.39, 0.29) is 18.4 Å². The van der Waals surface area contributed by atoms with Crippen molar-refractivity contribution in [3.05, 3.63) is 35.9 Å². The molecule has 3 atom stereocenters. The fourth-order valence-electron chi connectivity index (χ4n) is 2.95. The number of hydrazine groups is 1. The van der Waals surface area contributed by atoms with Gasteiger partial charge in [0.1, 0.15) is 18.4 Å². The van der Waals surface area contributed by atoms with E-state index in [1.54, 1.807) is 26.8 Å². The van der Waals surface area contributed by atoms with Gasteiger partial charge in [0.2, 0.25) is 0 Å². The molecule has 1 amide bonds. The van der Waals surface area contributed by atoms with E-state index in [2.05, 4.69) is 0 Å². The van der Waals surface area contributed by atoms with Crippen molar-refractivity contribution in [1.82, 2.24) is 5.01 Å². The zero-order valence-electron chi connectivity index (χ0n) is 15.8. The van der Waals surface area contributed by atoms with Gasteiger partial charge in [-0.3, -0.25) is 0 Å². The van der Waals surface area contributed by atoms with E-state index in [4.69, 9.17) is 15.3 Å². The Morgan fingerprint density at radius 3 is 2.41 bits per heavy atom. The predicted octanol–water partition coefficient (Wildman–Crippen LogP) is 4.17. The summed E-state index contributed by atoms with van der Waals surface area (Å²) in [6.07, 6.45) is -2.75. The average Bonchev–Trinajstić information content (AvgIpc) is 2.59. The Morgan fingerprint density at radius 1 is 1.22 bits per heavy atom. The van der Waals surface area contributed by atoms with Crippen molar-refractivity contribution in [3.8, 4) is 0 Å². The minimum Gasteiger partial charge on any atom is -0.443 e. The lowest BCUT2D eigenvalue weighted by atomic mass is 9.91. The normalized spacial score (nSPS) is 23.7. The molecule has 152 valence electrons. The van der Waals surface area contributed by atoms with Crippen molar-refractivity contribution < 1.29 is 27.4 Å². The summed E-state index contributed by atoms with van der Waals surface area (Å²) in [5.74, 6) is 2.56. The lowest BCUT2D eigenvalue weighted by Crippen LogP contribution is -2.52. The first kappa shape index (κ1) is 21.5. The van der Waals surface area contributed by atoms with Gasteiger partial charge < -0.3 is 9.47 Å². The van der Waals surface area contributed by atoms with Crippen LogP contribution in [0.4, 0.5) is 18.0 Å². The monoisotopic (exact) mass is 388 g/mol. The molecule has 8 heteroatoms. The van der Waals surface area contributed by atoms with E-state index < -0.39 is 42.5 Å². The molecule has 1 aliphatic carbocycles. The molecule has 0 saturated heterocycles. The number of nitrogens with zero attached hydrogens (tertiary/aromatic N) is 1. The Hall–Kier alpha value is -1.80. The van der Waals surface area contributed by atoms with Crippen LogP contribution in [-0.4, -0.2) is 41.6 Å². The first-order chi connectivity index (χ1) is 12.5. The number of halogens is 3. The number of rotatable bonds is 5. The first-order valence-corrected chi connectivity index (χ1v) is 8.95. The Balaban J connectivity index is 1.87. The van der Waals surface area contributed by atoms with Crippen LogP contribution in [-0.2, 0) is 15.4 Å². The van der Waals surface area contributed by atoms with Gasteiger partial charge >= 0.3 is 6.09 Å². The van der Waals surface area contributed by atoms with Crippen LogP contribution < -0.4 is 5.84 Å². The zero-order valence-corrected chi connectivity index (χ0v) is 15.8. The number of benzene rings is 1. The van der Waals surface area contributed by atoms with Gasteiger partial charge in [0, 0.05) is 12.0 Å². The molecule has 0 bridgehead atoms. The predicted molar refractivity (Wildman–Crippen MR) is 94.9 cm³/mol. The third-order valence-electron chi connectivity index (χ3n) is 4.36. The van der Waals surface area contributed by atoms with Crippen LogP contribution in [0.15, 0.2) is 30.3 Å². The van der Waals surface area contributed by atoms with E-state index in [9.17, 15) is 18.0 Å². The molecule has 0 radical (unpaired) electrons. The maximum Gasteiger partial charge on any atom is 0.424 e. The lowest BCUT2D eigenvalue weighted by molar-refractivity contribution is -0.130. The summed E-state index contributed by atoms with van der Waals surface area (Å²) in [5.41, 5.74) is -0.889. The summed E-state index contributed by atoms with van der Waals surface area (Å²) in [6, 6.07) is 6.71. The number of ether oxygens (including phenoxy) is 2. The van der Waals surface area contributed by atoms with Gasteiger partial charge in [-0.05, 0) is 33.6 Å². The third kappa shape index (κ3) is 6.10. The van der Waals surface area contributed by atoms with E-state index in [0.29, 0.717) is 6.42 Å². The SMILES string of the molecule is CC(C)(C)OC(=O)N(N)C1CCC(OCC(F)(F)c2ccccc2)C(F)C1. The number of hydrogen-bond acceptors (Lipinski definition) is 4. The second kappa shape index (κ2) is 8.48. The number of hydrogen-bond donors (Lipinski definition) is 1. The largest absolute Gasteiger partial charge is 0.443 e. The molecule has 27 heavy (non-hydrogen) atoms. The van der Waals surface area contributed by atoms with Crippen LogP contribution in [0.1, 0.15) is 45.6 Å². The molecular weight excluding hydrogens is 361 g/mol. The van der Waals surface area contributed by atoms with Gasteiger partial charge in [-0.15, -0.1) is 0 Å². The molecular formula is C19H27F3N2O3. The standard InChI is InChI=1S/C19H27F3N2O3/c1-18(2,3)27-17(25)24(23)14-9-10-16(15(20)11-14)26-12-19(21,22)13-7-5-4-6-8-13/h4-8,14-16H,9-12,23H2,1-3H3. The second-order valence-corrected chi connectivity index (χ2v) is 7.79. The van der Waals surface area contributed by atoms with Crippen molar-refractivity contribution in [1.29, 1.82) is 0 Å². The summed E-state index contributed by atoms with van der Waals surface area (Å²) >= 11 is 0. The van der Waals surface area contributed by atoms with Crippen molar-refractivity contribution in [2.75, 3.05) is 6.61 Å². The zero-order chi connectivity index (χ0) is 20.2. The van der Waals surface area contributed by atoms with Gasteiger partial charge in [-0.25, -0.2) is 20.0 Å². The van der Waals surface area contributed by atoms with E-state index >= 15 is 0 Å². The Labute approximate surface area is 157 Å². The molecule has 3 unspecified atom stereocenters. The number of carbonyl (C=O) groups is 1. The third-order valence-corrected chi connectivity index (χ3v) is 4.36. The van der Waals surface area contributed by atoms with Crippen molar-refractivity contribution in [2.45, 2.75) is 69.9 Å². The lowest BCUT2D eigenvalue weighted by Gasteiger charge is -2.37. The van der Waals surface area contributed by atoms with Crippen LogP contribution in [0, 0.1) is 0 Å². The quantitative estimate of drug-likeness (QED) is 0.467. The first-order valence-electron chi connectivity index (χ1n) is 8.95. The Kier molecular flexibility index (Phi) is 6.75. The summed E-state index contributed by atoms with van der Waals surface area (Å²) < 4.78 is 53.1. The number of carbonyl (C=O) groups excluding carboxylic acids is 1. The Morgan fingerprint density at radius 2 is 1.85 bits per heavy atom. The summed E-state index contributed by atoms with van der Waals surface area (Å²) in [4.78, 5) is 12.0. The molecule has 2 rings (SSSR count). The van der Waals surface area contributed by atoms with Gasteiger partial charge in [-0.2, -0.15) is 8.78 Å². The molecule has 0 heterocycles. The van der Waals surface area contributed by atoms with Crippen LogP contribution >= 0.6 is 0 Å². The maximum atomic E-state index is 14.4. The van der Waals surface area contributed by atoms with E-state index in [1.165, 1.54) is 24.3 Å². The van der Waals surface area contributed by atoms with Crippen molar-refractivity contribution in [2.24, 2.45) is 5.84 Å². The molecule has 1 aromatic rings. The molecule has 1 aromatic carbocycles. The molecule has 0 aromatic heterocycles. The smallest absolute Gasteiger partial charge is 0.424 e. The highest BCUT2D eigenvalue weighted by molar-refractivity contribution is 5.67. The molecule has 2 N–H and O–H groups in total. The van der Waals surface area contributed by atoms with Crippen LogP contribution in [0.25, 0.3) is 0 Å². The Bertz CT molecular complexity index is 622. The highest BCUT2D eigenvalue weighted by Crippen LogP contribution is 2.32. The average molecular weight is 388 g/mol. The van der Waals surface area contributed by atoms with Crippen LogP contribution in [0.3, 0.4) is 0 Å². The van der Waals surface area contributed by atoms with Gasteiger partial charge in [0.15, 0.2) is 0 Å². The van der Waals surface area contributed by atoms with E-state index in [0.717, 1.165) is 5.01 Å². The minimum atomic E-state index is -3.20. The maximum absolute atomic E-state index is 14.4. The summed E-state index contributed by atoms with van der Waals surface area (Å²) in [5, 5.41) is 0.882. The summed E-state index contributed by atoms with van der Waals surface area (Å²) in [6.45, 7) is 4.21. The minimum absolute atomic E-state index is 0.0860. The summed E-state index contributed by atoms with van der Waals surface area (Å²) in [7, 11) is 0. The van der Waals surface area contributed by atoms with Gasteiger partial charge in [0.25, 0.3) is 5.92 Å². The van der Waals surface area contributed by atoms with Gasteiger partial charge in [-0.1, -0.05) is 30.3 Å². The molecule has 1 saturated carbocycles. The second-order valence-electron chi connectivity index (χ2n) is 7.79.